The molecule has 0 aliphatic rings. The highest BCUT2D eigenvalue weighted by Gasteiger charge is 2.27. The van der Waals surface area contributed by atoms with Gasteiger partial charge in [-0.1, -0.05) is 30.3 Å². The van der Waals surface area contributed by atoms with Gasteiger partial charge in [-0.2, -0.15) is 0 Å². The van der Waals surface area contributed by atoms with Crippen molar-refractivity contribution in [1.82, 2.24) is 4.98 Å². The molecule has 0 unspecified atom stereocenters. The fourth-order valence-electron chi connectivity index (χ4n) is 3.03. The molecule has 28 heavy (non-hydrogen) atoms. The van der Waals surface area contributed by atoms with Gasteiger partial charge in [-0.3, -0.25) is 14.6 Å². The van der Waals surface area contributed by atoms with Crippen molar-refractivity contribution in [3.63, 3.8) is 0 Å². The molecule has 0 bridgehead atoms. The molecule has 0 saturated heterocycles. The van der Waals surface area contributed by atoms with Crippen LogP contribution in [0.5, 0.6) is 5.75 Å². The molecular formula is C22H17N3O3. The number of phenolic OH excluding ortho intramolecular Hbond substituents is 1. The van der Waals surface area contributed by atoms with Crippen LogP contribution in [0.4, 0.5) is 22.7 Å². The minimum atomic E-state index is -0.560. The maximum Gasteiger partial charge on any atom is 0.253 e. The number of aromatic hydroxyl groups is 1. The molecule has 1 aromatic heterocycles. The molecule has 3 aromatic carbocycles. The van der Waals surface area contributed by atoms with Gasteiger partial charge in [-0.25, -0.2) is 0 Å². The third-order valence-electron chi connectivity index (χ3n) is 4.43. The predicted octanol–water partition coefficient (Wildman–Crippen LogP) is 3.47. The molecule has 0 aliphatic heterocycles. The van der Waals surface area contributed by atoms with Crippen molar-refractivity contribution in [2.24, 2.45) is 0 Å². The fraction of sp³-hybridized carbons (Fsp3) is 0.0455. The highest BCUT2D eigenvalue weighted by atomic mass is 16.3. The largest absolute Gasteiger partial charge is 0.508 e. The number of hydrogen-bond acceptors (Lipinski definition) is 6. The first kappa shape index (κ1) is 17.5. The Labute approximate surface area is 161 Å². The maximum atomic E-state index is 12.5. The Bertz CT molecular complexity index is 1150. The molecule has 0 spiro atoms. The second-order valence-electron chi connectivity index (χ2n) is 6.34. The van der Waals surface area contributed by atoms with Crippen LogP contribution < -0.4 is 21.1 Å². The van der Waals surface area contributed by atoms with Crippen molar-refractivity contribution in [1.29, 1.82) is 0 Å². The van der Waals surface area contributed by atoms with Crippen molar-refractivity contribution < 1.29 is 5.11 Å². The zero-order valence-corrected chi connectivity index (χ0v) is 14.9. The first-order valence-corrected chi connectivity index (χ1v) is 8.74. The summed E-state index contributed by atoms with van der Waals surface area (Å²) in [7, 11) is 0. The Balaban J connectivity index is 1.77. The summed E-state index contributed by atoms with van der Waals surface area (Å²) in [5, 5.41) is 12.6. The first-order valence-electron chi connectivity index (χ1n) is 8.74. The van der Waals surface area contributed by atoms with Gasteiger partial charge in [0.05, 0.1) is 11.9 Å². The van der Waals surface area contributed by atoms with E-state index in [9.17, 15) is 14.7 Å². The second-order valence-corrected chi connectivity index (χ2v) is 6.34. The Morgan fingerprint density at radius 2 is 1.64 bits per heavy atom. The maximum absolute atomic E-state index is 12.5. The van der Waals surface area contributed by atoms with Crippen molar-refractivity contribution in [2.45, 2.75) is 6.54 Å². The van der Waals surface area contributed by atoms with Gasteiger partial charge in [0, 0.05) is 18.4 Å². The number of aromatic nitrogens is 1. The lowest BCUT2D eigenvalue weighted by atomic mass is 10.1. The summed E-state index contributed by atoms with van der Waals surface area (Å²) in [6.07, 6.45) is 3.22. The average molecular weight is 371 g/mol. The number of pyridine rings is 1. The molecule has 0 fully saturated rings. The second kappa shape index (κ2) is 7.36. The number of nitrogens with zero attached hydrogens (tertiary/aromatic N) is 2. The zero-order valence-electron chi connectivity index (χ0n) is 14.9. The summed E-state index contributed by atoms with van der Waals surface area (Å²) in [6, 6.07) is 19.7. The van der Waals surface area contributed by atoms with Crippen molar-refractivity contribution in [3.05, 3.63) is 105 Å². The molecule has 4 rings (SSSR count). The average Bonchev–Trinajstić information content (AvgIpc) is 2.74. The van der Waals surface area contributed by atoms with Gasteiger partial charge in [0.1, 0.15) is 17.1 Å². The monoisotopic (exact) mass is 371 g/mol. The van der Waals surface area contributed by atoms with E-state index in [1.165, 1.54) is 0 Å². The number of benzene rings is 2. The topological polar surface area (TPSA) is 82.5 Å². The molecular weight excluding hydrogens is 354 g/mol. The lowest BCUT2D eigenvalue weighted by molar-refractivity contribution is 0.475. The Kier molecular flexibility index (Phi) is 4.60. The predicted molar refractivity (Wildman–Crippen MR) is 109 cm³/mol. The third kappa shape index (κ3) is 3.35. The van der Waals surface area contributed by atoms with E-state index >= 15 is 0 Å². The van der Waals surface area contributed by atoms with Gasteiger partial charge in [-0.15, -0.1) is 0 Å². The molecule has 6 nitrogen and oxygen atoms in total. The quantitative estimate of drug-likeness (QED) is 0.505. The van der Waals surface area contributed by atoms with Crippen LogP contribution in [0.3, 0.4) is 0 Å². The lowest BCUT2D eigenvalue weighted by Gasteiger charge is -2.28. The van der Waals surface area contributed by atoms with Gasteiger partial charge in [0.15, 0.2) is 0 Å². The van der Waals surface area contributed by atoms with Crippen LogP contribution in [0.25, 0.3) is 0 Å². The molecule has 1 heterocycles. The number of hydrogen-bond donors (Lipinski definition) is 2. The fourth-order valence-corrected chi connectivity index (χ4v) is 3.03. The summed E-state index contributed by atoms with van der Waals surface area (Å²) in [5.74, 6) is 0.127. The van der Waals surface area contributed by atoms with E-state index in [4.69, 9.17) is 0 Å². The van der Waals surface area contributed by atoms with E-state index < -0.39 is 10.9 Å². The molecule has 0 aliphatic carbocycles. The summed E-state index contributed by atoms with van der Waals surface area (Å²) in [5.41, 5.74) is 1.73. The molecule has 0 atom stereocenters. The van der Waals surface area contributed by atoms with E-state index in [0.717, 1.165) is 5.56 Å². The zero-order chi connectivity index (χ0) is 19.5. The Hall–Kier alpha value is -3.93. The van der Waals surface area contributed by atoms with Gasteiger partial charge in [-0.05, 0) is 42.0 Å². The standard InChI is InChI=1S/C22H17N3O3/c26-18-10-8-17(9-11-18)25(14-15-5-2-1-3-6-15)20-19(21(27)22(20)28)24-16-7-4-12-23-13-16/h1-13,24,26H,14H2. The number of anilines is 4. The van der Waals surface area contributed by atoms with E-state index in [0.29, 0.717) is 23.6 Å². The Morgan fingerprint density at radius 1 is 0.893 bits per heavy atom. The van der Waals surface area contributed by atoms with Crippen molar-refractivity contribution in [3.8, 4) is 5.75 Å². The summed E-state index contributed by atoms with van der Waals surface area (Å²) in [6.45, 7) is 0.401. The number of phenols is 1. The molecule has 138 valence electrons. The summed E-state index contributed by atoms with van der Waals surface area (Å²) >= 11 is 0. The minimum Gasteiger partial charge on any atom is -0.508 e. The van der Waals surface area contributed by atoms with Gasteiger partial charge in [0.2, 0.25) is 0 Å². The highest BCUT2D eigenvalue weighted by Crippen LogP contribution is 2.32. The smallest absolute Gasteiger partial charge is 0.253 e. The SMILES string of the molecule is O=c1c(Nc2cccnc2)c(N(Cc2ccccc2)c2ccc(O)cc2)c1=O. The van der Waals surface area contributed by atoms with Crippen LogP contribution in [-0.2, 0) is 6.54 Å². The van der Waals surface area contributed by atoms with Gasteiger partial charge >= 0.3 is 0 Å². The van der Waals surface area contributed by atoms with Gasteiger partial charge < -0.3 is 15.3 Å². The minimum absolute atomic E-state index is 0.127. The van der Waals surface area contributed by atoms with Crippen LogP contribution in [0, 0.1) is 0 Å². The van der Waals surface area contributed by atoms with E-state index in [1.54, 1.807) is 53.7 Å². The summed E-state index contributed by atoms with van der Waals surface area (Å²) in [4.78, 5) is 30.5. The van der Waals surface area contributed by atoms with E-state index in [1.807, 2.05) is 30.3 Å². The molecule has 6 heteroatoms. The lowest BCUT2D eigenvalue weighted by Crippen LogP contribution is -2.40. The number of rotatable bonds is 6. The van der Waals surface area contributed by atoms with Crippen LogP contribution >= 0.6 is 0 Å². The molecule has 2 N–H and O–H groups in total. The highest BCUT2D eigenvalue weighted by molar-refractivity contribution is 5.83. The third-order valence-corrected chi connectivity index (χ3v) is 4.43. The molecule has 0 amide bonds. The van der Waals surface area contributed by atoms with Crippen LogP contribution in [0.15, 0.2) is 88.7 Å². The van der Waals surface area contributed by atoms with Crippen LogP contribution in [0.1, 0.15) is 5.56 Å². The molecule has 4 aromatic rings. The van der Waals surface area contributed by atoms with Crippen LogP contribution in [-0.4, -0.2) is 10.1 Å². The normalized spacial score (nSPS) is 10.7. The van der Waals surface area contributed by atoms with Gasteiger partial charge in [0.25, 0.3) is 10.9 Å². The summed E-state index contributed by atoms with van der Waals surface area (Å²) < 4.78 is 0. The Morgan fingerprint density at radius 3 is 2.32 bits per heavy atom. The number of nitrogens with one attached hydrogen (secondary N) is 1. The molecule has 0 radical (unpaired) electrons. The van der Waals surface area contributed by atoms with Crippen molar-refractivity contribution in [2.75, 3.05) is 10.2 Å². The van der Waals surface area contributed by atoms with Crippen molar-refractivity contribution >= 4 is 22.7 Å². The van der Waals surface area contributed by atoms with E-state index in [-0.39, 0.29) is 11.4 Å². The van der Waals surface area contributed by atoms with E-state index in [2.05, 4.69) is 10.3 Å². The molecule has 0 saturated carbocycles. The van der Waals surface area contributed by atoms with Crippen LogP contribution in [0.2, 0.25) is 0 Å². The first-order chi connectivity index (χ1) is 13.6.